The molecule has 0 amide bonds. The largest absolute Gasteiger partial charge is 0.309 e. The number of aromatic nitrogens is 4. The number of halogens is 2. The normalized spacial score (nSPS) is 12.1. The van der Waals surface area contributed by atoms with Crippen molar-refractivity contribution in [2.75, 3.05) is 0 Å². The molecule has 11 aromatic carbocycles. The van der Waals surface area contributed by atoms with Gasteiger partial charge in [-0.3, -0.25) is 0 Å². The van der Waals surface area contributed by atoms with Gasteiger partial charge in [-0.1, -0.05) is 158 Å². The van der Waals surface area contributed by atoms with Crippen molar-refractivity contribution in [1.82, 2.24) is 18.3 Å². The Morgan fingerprint density at radius 1 is 0.270 bits per heavy atom. The molecule has 15 rings (SSSR count). The summed E-state index contributed by atoms with van der Waals surface area (Å²) >= 11 is 0. The van der Waals surface area contributed by atoms with Crippen molar-refractivity contribution < 1.29 is 8.78 Å². The lowest BCUT2D eigenvalue weighted by Crippen LogP contribution is -2.11. The van der Waals surface area contributed by atoms with Crippen LogP contribution in [-0.4, -0.2) is 18.3 Å². The van der Waals surface area contributed by atoms with Gasteiger partial charge in [0, 0.05) is 76.7 Å². The minimum atomic E-state index is -0.359. The minimum Gasteiger partial charge on any atom is -0.309 e. The van der Waals surface area contributed by atoms with Crippen LogP contribution in [0.15, 0.2) is 231 Å². The Morgan fingerprint density at radius 2 is 0.608 bits per heavy atom. The highest BCUT2D eigenvalue weighted by Gasteiger charge is 2.32. The molecule has 350 valence electrons. The van der Waals surface area contributed by atoms with E-state index < -0.39 is 0 Å². The molecule has 4 nitrogen and oxygen atoms in total. The molecular formula is C68H44F2N4. The van der Waals surface area contributed by atoms with E-state index >= 15 is 8.78 Å². The number of hydrogen-bond donors (Lipinski definition) is 0. The Morgan fingerprint density at radius 3 is 1.01 bits per heavy atom. The van der Waals surface area contributed by atoms with E-state index in [9.17, 15) is 0 Å². The predicted molar refractivity (Wildman–Crippen MR) is 304 cm³/mol. The molecule has 6 heteroatoms. The standard InChI is InChI=1S/C68H44F2N4/c1-41-61(49-27-9-15-31-53(49)69)65(73-55-33-17-11-25-45(55)47-37-39-59-63(67(47)73)51-29-13-19-35-57(51)71(59)43-21-5-3-6-22-43)42(2)66(62(41)50-28-10-16-32-54(50)70)74-56-34-18-12-26-46(56)48-38-40-60-64(68(48)74)52-30-14-20-36-58(52)72(60)44-23-7-4-8-24-44/h3-40H,1-2H3. The van der Waals surface area contributed by atoms with Gasteiger partial charge in [-0.15, -0.1) is 0 Å². The van der Waals surface area contributed by atoms with Crippen LogP contribution < -0.4 is 0 Å². The molecule has 0 saturated heterocycles. The maximum atomic E-state index is 17.3. The minimum absolute atomic E-state index is 0.359. The molecular weight excluding hydrogens is 911 g/mol. The van der Waals surface area contributed by atoms with E-state index in [-0.39, 0.29) is 11.6 Å². The quantitative estimate of drug-likeness (QED) is 0.158. The van der Waals surface area contributed by atoms with Crippen LogP contribution in [-0.2, 0) is 0 Å². The van der Waals surface area contributed by atoms with Crippen LogP contribution in [0.25, 0.3) is 132 Å². The molecule has 4 aromatic heterocycles. The van der Waals surface area contributed by atoms with E-state index in [2.05, 4.69) is 214 Å². The van der Waals surface area contributed by atoms with Crippen LogP contribution in [0.2, 0.25) is 0 Å². The maximum Gasteiger partial charge on any atom is 0.131 e. The van der Waals surface area contributed by atoms with Gasteiger partial charge in [-0.05, 0) is 97.8 Å². The highest BCUT2D eigenvalue weighted by atomic mass is 19.1. The third-order valence-corrected chi connectivity index (χ3v) is 15.6. The maximum absolute atomic E-state index is 17.3. The second-order valence-electron chi connectivity index (χ2n) is 19.4. The molecule has 0 N–H and O–H groups in total. The van der Waals surface area contributed by atoms with E-state index in [1.165, 1.54) is 12.1 Å². The first-order valence-electron chi connectivity index (χ1n) is 25.2. The van der Waals surface area contributed by atoms with Crippen LogP contribution in [0, 0.1) is 25.5 Å². The van der Waals surface area contributed by atoms with Crippen molar-refractivity contribution in [2.24, 2.45) is 0 Å². The number of fused-ring (bicyclic) bond motifs is 14. The van der Waals surface area contributed by atoms with Crippen molar-refractivity contribution in [3.05, 3.63) is 253 Å². The SMILES string of the molecule is Cc1c(-c2ccccc2F)c(-n2c3ccccc3c3ccc4c(c5ccccc5n4-c4ccccc4)c32)c(C)c(-n2c3ccccc3c3ccc4c(c5ccccc5n4-c4ccccc4)c32)c1-c1ccccc1F. The monoisotopic (exact) mass is 954 g/mol. The van der Waals surface area contributed by atoms with Gasteiger partial charge in [0.05, 0.1) is 55.5 Å². The molecule has 0 aliphatic rings. The summed E-state index contributed by atoms with van der Waals surface area (Å²) in [5.41, 5.74) is 15.9. The fraction of sp³-hybridized carbons (Fsp3) is 0.0294. The van der Waals surface area contributed by atoms with Gasteiger partial charge >= 0.3 is 0 Å². The van der Waals surface area contributed by atoms with Crippen molar-refractivity contribution in [3.63, 3.8) is 0 Å². The average molecular weight is 955 g/mol. The Labute approximate surface area is 424 Å². The molecule has 0 unspecified atom stereocenters. The number of benzene rings is 11. The second kappa shape index (κ2) is 16.0. The van der Waals surface area contributed by atoms with Gasteiger partial charge in [0.2, 0.25) is 0 Å². The average Bonchev–Trinajstić information content (AvgIpc) is 4.21. The molecule has 0 fully saturated rings. The van der Waals surface area contributed by atoms with Gasteiger partial charge in [-0.2, -0.15) is 0 Å². The number of para-hydroxylation sites is 6. The zero-order valence-electron chi connectivity index (χ0n) is 40.5. The summed E-state index contributed by atoms with van der Waals surface area (Å²) in [4.78, 5) is 0. The van der Waals surface area contributed by atoms with Crippen LogP contribution in [0.1, 0.15) is 11.1 Å². The van der Waals surface area contributed by atoms with E-state index in [0.29, 0.717) is 22.3 Å². The highest BCUT2D eigenvalue weighted by Crippen LogP contribution is 2.52. The first-order valence-corrected chi connectivity index (χ1v) is 25.2. The fourth-order valence-electron chi connectivity index (χ4n) is 12.7. The Kier molecular flexibility index (Phi) is 9.12. The fourth-order valence-corrected chi connectivity index (χ4v) is 12.7. The van der Waals surface area contributed by atoms with Gasteiger partial charge in [0.25, 0.3) is 0 Å². The highest BCUT2D eigenvalue weighted by molar-refractivity contribution is 6.28. The molecule has 74 heavy (non-hydrogen) atoms. The topological polar surface area (TPSA) is 19.7 Å². The first-order chi connectivity index (χ1) is 36.5. The van der Waals surface area contributed by atoms with Crippen molar-refractivity contribution in [2.45, 2.75) is 13.8 Å². The molecule has 15 aromatic rings. The van der Waals surface area contributed by atoms with Gasteiger partial charge < -0.3 is 18.3 Å². The van der Waals surface area contributed by atoms with Crippen molar-refractivity contribution >= 4 is 87.2 Å². The van der Waals surface area contributed by atoms with Crippen molar-refractivity contribution in [3.8, 4) is 45.0 Å². The summed E-state index contributed by atoms with van der Waals surface area (Å²) in [6.45, 7) is 4.23. The van der Waals surface area contributed by atoms with Gasteiger partial charge in [0.1, 0.15) is 11.6 Å². The smallest absolute Gasteiger partial charge is 0.131 e. The number of hydrogen-bond acceptors (Lipinski definition) is 0. The van der Waals surface area contributed by atoms with E-state index in [0.717, 1.165) is 121 Å². The third kappa shape index (κ3) is 5.76. The predicted octanol–water partition coefficient (Wildman–Crippen LogP) is 18.3. The zero-order valence-corrected chi connectivity index (χ0v) is 40.5. The zero-order chi connectivity index (χ0) is 49.3. The molecule has 0 aliphatic heterocycles. The number of nitrogens with zero attached hydrogens (tertiary/aromatic N) is 4. The molecule has 0 spiro atoms. The van der Waals surface area contributed by atoms with E-state index in [4.69, 9.17) is 0 Å². The molecule has 0 bridgehead atoms. The van der Waals surface area contributed by atoms with E-state index in [1.54, 1.807) is 12.1 Å². The summed E-state index contributed by atoms with van der Waals surface area (Å²) < 4.78 is 44.0. The van der Waals surface area contributed by atoms with E-state index in [1.807, 2.05) is 24.3 Å². The summed E-state index contributed by atoms with van der Waals surface area (Å²) in [7, 11) is 0. The van der Waals surface area contributed by atoms with Crippen LogP contribution in [0.4, 0.5) is 8.78 Å². The Balaban J connectivity index is 1.21. The van der Waals surface area contributed by atoms with Gasteiger partial charge in [-0.25, -0.2) is 8.78 Å². The Hall–Kier alpha value is -9.52. The summed E-state index contributed by atoms with van der Waals surface area (Å²) in [6.07, 6.45) is 0. The lowest BCUT2D eigenvalue weighted by Gasteiger charge is -2.28. The first kappa shape index (κ1) is 42.2. The summed E-state index contributed by atoms with van der Waals surface area (Å²) in [5.74, 6) is -0.718. The molecule has 0 aliphatic carbocycles. The summed E-state index contributed by atoms with van der Waals surface area (Å²) in [5, 5.41) is 8.67. The lowest BCUT2D eigenvalue weighted by molar-refractivity contribution is 0.630. The Bertz CT molecular complexity index is 4520. The summed E-state index contributed by atoms with van der Waals surface area (Å²) in [6, 6.07) is 78.6. The molecule has 0 saturated carbocycles. The van der Waals surface area contributed by atoms with Crippen LogP contribution >= 0.6 is 0 Å². The molecule has 4 heterocycles. The van der Waals surface area contributed by atoms with Crippen molar-refractivity contribution in [1.29, 1.82) is 0 Å². The van der Waals surface area contributed by atoms with Crippen LogP contribution in [0.3, 0.4) is 0 Å². The number of rotatable bonds is 6. The third-order valence-electron chi connectivity index (χ3n) is 15.6. The van der Waals surface area contributed by atoms with Crippen LogP contribution in [0.5, 0.6) is 0 Å². The molecule has 0 radical (unpaired) electrons. The van der Waals surface area contributed by atoms with Gasteiger partial charge in [0.15, 0.2) is 0 Å². The second-order valence-corrected chi connectivity index (χ2v) is 19.4. The molecule has 0 atom stereocenters. The lowest BCUT2D eigenvalue weighted by atomic mass is 9.86.